The van der Waals surface area contributed by atoms with E-state index in [1.54, 1.807) is 11.3 Å². The molecule has 2 rings (SSSR count). The van der Waals surface area contributed by atoms with Gasteiger partial charge in [0.2, 0.25) is 5.91 Å². The van der Waals surface area contributed by atoms with Gasteiger partial charge in [0, 0.05) is 24.4 Å². The molecule has 1 aliphatic heterocycles. The Morgan fingerprint density at radius 2 is 2.33 bits per heavy atom. The van der Waals surface area contributed by atoms with Crippen molar-refractivity contribution < 1.29 is 9.90 Å². The predicted octanol–water partition coefficient (Wildman–Crippen LogP) is 2.44. The van der Waals surface area contributed by atoms with Crippen molar-refractivity contribution in [1.29, 1.82) is 0 Å². The van der Waals surface area contributed by atoms with Crippen LogP contribution in [-0.2, 0) is 11.2 Å². The highest BCUT2D eigenvalue weighted by Crippen LogP contribution is 2.22. The summed E-state index contributed by atoms with van der Waals surface area (Å²) in [6.07, 6.45) is 3.81. The molecule has 0 bridgehead atoms. The van der Waals surface area contributed by atoms with Crippen molar-refractivity contribution in [1.82, 2.24) is 4.90 Å². The molecule has 18 heavy (non-hydrogen) atoms. The van der Waals surface area contributed by atoms with E-state index >= 15 is 0 Å². The van der Waals surface area contributed by atoms with Gasteiger partial charge in [0.1, 0.15) is 0 Å². The van der Waals surface area contributed by atoms with Crippen LogP contribution in [0.5, 0.6) is 0 Å². The van der Waals surface area contributed by atoms with Crippen LogP contribution in [0.3, 0.4) is 0 Å². The molecule has 4 heteroatoms. The summed E-state index contributed by atoms with van der Waals surface area (Å²) >= 11 is 1.70. The summed E-state index contributed by atoms with van der Waals surface area (Å²) in [5.41, 5.74) is -0.594. The lowest BCUT2D eigenvalue weighted by Gasteiger charge is -2.22. The molecule has 0 spiro atoms. The number of rotatable bonds is 3. The monoisotopic (exact) mass is 267 g/mol. The van der Waals surface area contributed by atoms with Gasteiger partial charge in [-0.25, -0.2) is 0 Å². The van der Waals surface area contributed by atoms with Gasteiger partial charge in [-0.05, 0) is 44.1 Å². The van der Waals surface area contributed by atoms with Gasteiger partial charge in [-0.1, -0.05) is 6.07 Å². The topological polar surface area (TPSA) is 40.5 Å². The maximum absolute atomic E-state index is 12.1. The molecule has 1 N–H and O–H groups in total. The van der Waals surface area contributed by atoms with E-state index in [-0.39, 0.29) is 5.91 Å². The smallest absolute Gasteiger partial charge is 0.222 e. The number of carbonyl (C=O) groups is 1. The highest BCUT2D eigenvalue weighted by molar-refractivity contribution is 7.09. The maximum Gasteiger partial charge on any atom is 0.222 e. The van der Waals surface area contributed by atoms with Crippen LogP contribution in [0.15, 0.2) is 17.5 Å². The van der Waals surface area contributed by atoms with Crippen LogP contribution >= 0.6 is 11.3 Å². The molecule has 100 valence electrons. The number of thiophene rings is 1. The molecule has 0 aliphatic carbocycles. The standard InChI is InChI=1S/C14H21NO2S/c1-14(17)7-3-9-15(10-8-14)13(16)6-5-12-4-2-11-18-12/h2,4,11,17H,3,5-10H2,1H3. The van der Waals surface area contributed by atoms with E-state index in [4.69, 9.17) is 0 Å². The van der Waals surface area contributed by atoms with E-state index in [1.807, 2.05) is 23.3 Å². The van der Waals surface area contributed by atoms with Gasteiger partial charge in [-0.15, -0.1) is 11.3 Å². The van der Waals surface area contributed by atoms with Crippen LogP contribution in [0.1, 0.15) is 37.5 Å². The molecule has 1 amide bonds. The average molecular weight is 267 g/mol. The minimum atomic E-state index is -0.594. The van der Waals surface area contributed by atoms with Crippen molar-refractivity contribution in [2.45, 2.75) is 44.6 Å². The fourth-order valence-corrected chi connectivity index (χ4v) is 3.06. The second-order valence-electron chi connectivity index (χ2n) is 5.31. The first-order chi connectivity index (χ1) is 8.57. The number of hydrogen-bond donors (Lipinski definition) is 1. The molecular weight excluding hydrogens is 246 g/mol. The molecule has 1 saturated heterocycles. The lowest BCUT2D eigenvalue weighted by Crippen LogP contribution is -2.33. The van der Waals surface area contributed by atoms with Crippen LogP contribution in [0.4, 0.5) is 0 Å². The molecule has 1 aliphatic rings. The number of likely N-dealkylation sites (tertiary alicyclic amines) is 1. The summed E-state index contributed by atoms with van der Waals surface area (Å²) in [5, 5.41) is 12.0. The fraction of sp³-hybridized carbons (Fsp3) is 0.643. The lowest BCUT2D eigenvalue weighted by molar-refractivity contribution is -0.131. The zero-order valence-corrected chi connectivity index (χ0v) is 11.7. The van der Waals surface area contributed by atoms with E-state index in [1.165, 1.54) is 4.88 Å². The van der Waals surface area contributed by atoms with Gasteiger partial charge in [-0.2, -0.15) is 0 Å². The van der Waals surface area contributed by atoms with Gasteiger partial charge in [0.05, 0.1) is 5.60 Å². The molecule has 1 fully saturated rings. The van der Waals surface area contributed by atoms with Gasteiger partial charge in [-0.3, -0.25) is 4.79 Å². The van der Waals surface area contributed by atoms with Crippen molar-refractivity contribution in [3.63, 3.8) is 0 Å². The number of aliphatic hydroxyl groups is 1. The Balaban J connectivity index is 1.82. The third-order valence-corrected chi connectivity index (χ3v) is 4.52. The largest absolute Gasteiger partial charge is 0.390 e. The zero-order valence-electron chi connectivity index (χ0n) is 10.9. The Bertz CT molecular complexity index is 387. The Hall–Kier alpha value is -0.870. The molecule has 1 aromatic heterocycles. The van der Waals surface area contributed by atoms with Crippen LogP contribution in [0.2, 0.25) is 0 Å². The number of hydrogen-bond acceptors (Lipinski definition) is 3. The molecule has 1 atom stereocenters. The number of nitrogens with zero attached hydrogens (tertiary/aromatic N) is 1. The molecule has 2 heterocycles. The molecule has 0 aromatic carbocycles. The average Bonchev–Trinajstić information content (AvgIpc) is 2.77. The Morgan fingerprint density at radius 1 is 1.50 bits per heavy atom. The van der Waals surface area contributed by atoms with Crippen LogP contribution in [-0.4, -0.2) is 34.6 Å². The van der Waals surface area contributed by atoms with Gasteiger partial charge < -0.3 is 10.0 Å². The Morgan fingerprint density at radius 3 is 3.06 bits per heavy atom. The second kappa shape index (κ2) is 5.85. The third kappa shape index (κ3) is 3.82. The summed E-state index contributed by atoms with van der Waals surface area (Å²) in [5.74, 6) is 0.223. The van der Waals surface area contributed by atoms with Crippen molar-refractivity contribution in [3.05, 3.63) is 22.4 Å². The van der Waals surface area contributed by atoms with E-state index in [9.17, 15) is 9.90 Å². The number of amides is 1. The molecule has 0 radical (unpaired) electrons. The predicted molar refractivity (Wildman–Crippen MR) is 73.7 cm³/mol. The molecule has 1 aromatic rings. The van der Waals surface area contributed by atoms with Crippen LogP contribution < -0.4 is 0 Å². The Labute approximate surface area is 112 Å². The van der Waals surface area contributed by atoms with Gasteiger partial charge >= 0.3 is 0 Å². The second-order valence-corrected chi connectivity index (χ2v) is 6.34. The van der Waals surface area contributed by atoms with Gasteiger partial charge in [0.15, 0.2) is 0 Å². The SMILES string of the molecule is CC1(O)CCCN(C(=O)CCc2cccs2)CC1. The van der Waals surface area contributed by atoms with Crippen molar-refractivity contribution >= 4 is 17.2 Å². The molecule has 0 saturated carbocycles. The summed E-state index contributed by atoms with van der Waals surface area (Å²) in [6.45, 7) is 3.35. The van der Waals surface area contributed by atoms with Gasteiger partial charge in [0.25, 0.3) is 0 Å². The molecule has 1 unspecified atom stereocenters. The van der Waals surface area contributed by atoms with Crippen molar-refractivity contribution in [2.24, 2.45) is 0 Å². The summed E-state index contributed by atoms with van der Waals surface area (Å²) in [7, 11) is 0. The van der Waals surface area contributed by atoms with E-state index < -0.39 is 5.60 Å². The van der Waals surface area contributed by atoms with Crippen LogP contribution in [0, 0.1) is 0 Å². The third-order valence-electron chi connectivity index (χ3n) is 3.58. The molecular formula is C14H21NO2S. The van der Waals surface area contributed by atoms with Crippen molar-refractivity contribution in [3.8, 4) is 0 Å². The highest BCUT2D eigenvalue weighted by atomic mass is 32.1. The first-order valence-corrected chi connectivity index (χ1v) is 7.47. The Kier molecular flexibility index (Phi) is 4.40. The van der Waals surface area contributed by atoms with E-state index in [0.717, 1.165) is 25.8 Å². The summed E-state index contributed by atoms with van der Waals surface area (Å²) in [4.78, 5) is 15.3. The zero-order chi connectivity index (χ0) is 13.0. The van der Waals surface area contributed by atoms with Crippen LogP contribution in [0.25, 0.3) is 0 Å². The van der Waals surface area contributed by atoms with Crippen molar-refractivity contribution in [2.75, 3.05) is 13.1 Å². The normalized spacial score (nSPS) is 24.9. The van der Waals surface area contributed by atoms with E-state index in [2.05, 4.69) is 6.07 Å². The minimum absolute atomic E-state index is 0.223. The molecule has 3 nitrogen and oxygen atoms in total. The first-order valence-electron chi connectivity index (χ1n) is 6.59. The summed E-state index contributed by atoms with van der Waals surface area (Å²) in [6, 6.07) is 4.10. The quantitative estimate of drug-likeness (QED) is 0.914. The summed E-state index contributed by atoms with van der Waals surface area (Å²) < 4.78 is 0. The maximum atomic E-state index is 12.1. The van der Waals surface area contributed by atoms with E-state index in [0.29, 0.717) is 19.4 Å². The minimum Gasteiger partial charge on any atom is -0.390 e. The lowest BCUT2D eigenvalue weighted by atomic mass is 9.98. The fourth-order valence-electron chi connectivity index (χ4n) is 2.36. The number of carbonyl (C=O) groups excluding carboxylic acids is 1. The highest BCUT2D eigenvalue weighted by Gasteiger charge is 2.26. The first kappa shape index (κ1) is 13.6. The number of aryl methyl sites for hydroxylation is 1.